The fourth-order valence-corrected chi connectivity index (χ4v) is 5.34. The molecular weight excluding hydrogens is 344 g/mol. The molecule has 0 aliphatic heterocycles. The molecule has 0 spiro atoms. The van der Waals surface area contributed by atoms with E-state index in [1.165, 1.54) is 0 Å². The number of rotatable bonds is 4. The third kappa shape index (κ3) is 2.52. The summed E-state index contributed by atoms with van der Waals surface area (Å²) in [5, 5.41) is 12.4. The maximum atomic E-state index is 12.7. The zero-order valence-corrected chi connectivity index (χ0v) is 14.6. The first kappa shape index (κ1) is 15.7. The molecule has 124 valence electrons. The Bertz CT molecular complexity index is 861. The van der Waals surface area contributed by atoms with E-state index in [-0.39, 0.29) is 17.7 Å². The van der Waals surface area contributed by atoms with Crippen LogP contribution in [0.25, 0.3) is 10.2 Å². The molecule has 1 fully saturated rings. The van der Waals surface area contributed by atoms with Crippen molar-refractivity contribution in [1.82, 2.24) is 4.98 Å². The van der Waals surface area contributed by atoms with Crippen LogP contribution in [0.2, 0.25) is 0 Å². The van der Waals surface area contributed by atoms with Crippen LogP contribution in [0, 0.1) is 23.7 Å². The number of thiazole rings is 1. The van der Waals surface area contributed by atoms with Crippen molar-refractivity contribution < 1.29 is 14.7 Å². The second-order valence-electron chi connectivity index (χ2n) is 6.19. The van der Waals surface area contributed by atoms with Gasteiger partial charge >= 0.3 is 5.97 Å². The van der Waals surface area contributed by atoms with Crippen LogP contribution < -0.4 is 5.32 Å². The lowest BCUT2D eigenvalue weighted by molar-refractivity contribution is -0.146. The summed E-state index contributed by atoms with van der Waals surface area (Å²) in [5.41, 5.74) is 1.60. The average Bonchev–Trinajstić information content (AvgIpc) is 3.26. The molecule has 1 aromatic carbocycles. The van der Waals surface area contributed by atoms with Gasteiger partial charge in [-0.3, -0.25) is 9.59 Å². The Hall–Kier alpha value is -1.86. The molecule has 1 saturated carbocycles. The number of carboxylic acids is 1. The molecule has 7 heteroatoms. The summed E-state index contributed by atoms with van der Waals surface area (Å²) in [6.45, 7) is 0. The molecule has 1 amide bonds. The highest BCUT2D eigenvalue weighted by Crippen LogP contribution is 2.48. The number of fused-ring (bicyclic) bond motifs is 3. The van der Waals surface area contributed by atoms with E-state index < -0.39 is 17.8 Å². The minimum absolute atomic E-state index is 0.0173. The van der Waals surface area contributed by atoms with Gasteiger partial charge in [0.2, 0.25) is 5.91 Å². The Morgan fingerprint density at radius 1 is 1.29 bits per heavy atom. The topological polar surface area (TPSA) is 79.3 Å². The summed E-state index contributed by atoms with van der Waals surface area (Å²) >= 11 is 3.18. The molecule has 2 aliphatic carbocycles. The summed E-state index contributed by atoms with van der Waals surface area (Å²) in [7, 11) is 0. The third-order valence-electron chi connectivity index (χ3n) is 4.86. The van der Waals surface area contributed by atoms with E-state index in [1.807, 2.05) is 36.6 Å². The summed E-state index contributed by atoms with van der Waals surface area (Å²) in [5.74, 6) is -2.17. The van der Waals surface area contributed by atoms with Gasteiger partial charge in [-0.2, -0.15) is 0 Å². The number of aromatic nitrogens is 1. The summed E-state index contributed by atoms with van der Waals surface area (Å²) in [4.78, 5) is 28.7. The number of allylic oxidation sites excluding steroid dienone is 2. The first-order valence-electron chi connectivity index (χ1n) is 7.73. The van der Waals surface area contributed by atoms with E-state index in [0.717, 1.165) is 21.0 Å². The molecule has 2 bridgehead atoms. The van der Waals surface area contributed by atoms with Gasteiger partial charge in [-0.25, -0.2) is 4.98 Å². The van der Waals surface area contributed by atoms with Gasteiger partial charge < -0.3 is 10.4 Å². The molecule has 1 aromatic heterocycles. The monoisotopic (exact) mass is 360 g/mol. The first-order valence-corrected chi connectivity index (χ1v) is 9.77. The Morgan fingerprint density at radius 3 is 2.75 bits per heavy atom. The Labute approximate surface area is 147 Å². The Kier molecular flexibility index (Phi) is 3.85. The highest BCUT2D eigenvalue weighted by atomic mass is 32.2. The minimum Gasteiger partial charge on any atom is -0.481 e. The molecule has 2 aromatic rings. The van der Waals surface area contributed by atoms with Gasteiger partial charge in [-0.1, -0.05) is 23.9 Å². The number of nitrogens with zero attached hydrogens (tertiary/aromatic N) is 1. The molecule has 0 unspecified atom stereocenters. The van der Waals surface area contributed by atoms with Crippen molar-refractivity contribution in [3.63, 3.8) is 0 Å². The molecule has 0 radical (unpaired) electrons. The van der Waals surface area contributed by atoms with Gasteiger partial charge in [-0.05, 0) is 42.7 Å². The van der Waals surface area contributed by atoms with Gasteiger partial charge in [0, 0.05) is 5.69 Å². The first-order chi connectivity index (χ1) is 11.6. The van der Waals surface area contributed by atoms with Crippen LogP contribution in [0.3, 0.4) is 0 Å². The molecule has 4 rings (SSSR count). The number of carbonyl (C=O) groups is 2. The SMILES string of the molecule is CSc1nc2ccc(NC(=O)[C@@H]3[C@@H](C(=O)O)[C@H]4C=C[C@H]3C4)cc2s1. The van der Waals surface area contributed by atoms with Crippen molar-refractivity contribution in [1.29, 1.82) is 0 Å². The van der Waals surface area contributed by atoms with Crippen LogP contribution in [-0.4, -0.2) is 28.2 Å². The zero-order valence-electron chi connectivity index (χ0n) is 12.9. The normalized spacial score (nSPS) is 27.7. The van der Waals surface area contributed by atoms with Crippen molar-refractivity contribution in [2.75, 3.05) is 11.6 Å². The average molecular weight is 360 g/mol. The third-order valence-corrected chi connectivity index (χ3v) is 6.86. The number of hydrogen-bond donors (Lipinski definition) is 2. The van der Waals surface area contributed by atoms with Crippen molar-refractivity contribution in [3.8, 4) is 0 Å². The lowest BCUT2D eigenvalue weighted by Gasteiger charge is -2.23. The van der Waals surface area contributed by atoms with E-state index in [2.05, 4.69) is 10.3 Å². The standard InChI is InChI=1S/C17H16N2O3S2/c1-23-17-19-11-5-4-10(7-12(11)24-17)18-15(20)13-8-2-3-9(6-8)14(13)16(21)22/h2-5,7-9,13-14H,6H2,1H3,(H,18,20)(H,21,22)/t8-,9-,13-,14-/m0/s1. The minimum atomic E-state index is -0.880. The largest absolute Gasteiger partial charge is 0.481 e. The quantitative estimate of drug-likeness (QED) is 0.645. The smallest absolute Gasteiger partial charge is 0.307 e. The summed E-state index contributed by atoms with van der Waals surface area (Å²) in [6, 6.07) is 5.61. The van der Waals surface area contributed by atoms with Crippen LogP contribution in [-0.2, 0) is 9.59 Å². The van der Waals surface area contributed by atoms with Crippen LogP contribution >= 0.6 is 23.1 Å². The van der Waals surface area contributed by atoms with Crippen molar-refractivity contribution in [3.05, 3.63) is 30.4 Å². The highest BCUT2D eigenvalue weighted by Gasteiger charge is 2.51. The van der Waals surface area contributed by atoms with E-state index in [0.29, 0.717) is 5.69 Å². The number of anilines is 1. The Balaban J connectivity index is 1.57. The van der Waals surface area contributed by atoms with Gasteiger partial charge in [0.05, 0.1) is 22.1 Å². The van der Waals surface area contributed by atoms with E-state index in [9.17, 15) is 14.7 Å². The van der Waals surface area contributed by atoms with Crippen LogP contribution in [0.5, 0.6) is 0 Å². The predicted molar refractivity (Wildman–Crippen MR) is 95.4 cm³/mol. The molecular formula is C17H16N2O3S2. The van der Waals surface area contributed by atoms with Crippen molar-refractivity contribution in [2.24, 2.45) is 23.7 Å². The van der Waals surface area contributed by atoms with E-state index in [1.54, 1.807) is 23.1 Å². The van der Waals surface area contributed by atoms with E-state index >= 15 is 0 Å². The second-order valence-corrected chi connectivity index (χ2v) is 8.28. The summed E-state index contributed by atoms with van der Waals surface area (Å²) in [6.07, 6.45) is 6.68. The molecule has 2 aliphatic rings. The molecule has 4 atom stereocenters. The summed E-state index contributed by atoms with van der Waals surface area (Å²) < 4.78 is 2.00. The van der Waals surface area contributed by atoms with Gasteiger partial charge in [0.15, 0.2) is 4.34 Å². The van der Waals surface area contributed by atoms with Crippen LogP contribution in [0.15, 0.2) is 34.7 Å². The maximum absolute atomic E-state index is 12.7. The van der Waals surface area contributed by atoms with E-state index in [4.69, 9.17) is 0 Å². The number of thioether (sulfide) groups is 1. The van der Waals surface area contributed by atoms with Gasteiger partial charge in [-0.15, -0.1) is 11.3 Å². The van der Waals surface area contributed by atoms with Crippen molar-refractivity contribution >= 4 is 50.9 Å². The lowest BCUT2D eigenvalue weighted by atomic mass is 9.82. The number of hydrogen-bond acceptors (Lipinski definition) is 5. The van der Waals surface area contributed by atoms with Crippen molar-refractivity contribution in [2.45, 2.75) is 10.8 Å². The van der Waals surface area contributed by atoms with Crippen LogP contribution in [0.1, 0.15) is 6.42 Å². The molecule has 5 nitrogen and oxygen atoms in total. The number of amides is 1. The number of carboxylic acid groups (broad SMARTS) is 1. The number of benzene rings is 1. The lowest BCUT2D eigenvalue weighted by Crippen LogP contribution is -2.36. The highest BCUT2D eigenvalue weighted by molar-refractivity contribution is 8.00. The fourth-order valence-electron chi connectivity index (χ4n) is 3.81. The van der Waals surface area contributed by atoms with Crippen LogP contribution in [0.4, 0.5) is 5.69 Å². The number of aliphatic carboxylic acids is 1. The fraction of sp³-hybridized carbons (Fsp3) is 0.353. The molecule has 1 heterocycles. The molecule has 2 N–H and O–H groups in total. The number of carbonyl (C=O) groups excluding carboxylic acids is 1. The maximum Gasteiger partial charge on any atom is 0.307 e. The Morgan fingerprint density at radius 2 is 2.04 bits per heavy atom. The number of nitrogens with one attached hydrogen (secondary N) is 1. The molecule has 0 saturated heterocycles. The second kappa shape index (κ2) is 5.89. The zero-order chi connectivity index (χ0) is 16.8. The van der Waals surface area contributed by atoms with Gasteiger partial charge in [0.25, 0.3) is 0 Å². The predicted octanol–water partition coefficient (Wildman–Crippen LogP) is 3.48. The van der Waals surface area contributed by atoms with Gasteiger partial charge in [0.1, 0.15) is 0 Å². The molecule has 24 heavy (non-hydrogen) atoms.